The molecule has 1 aromatic rings. The Kier molecular flexibility index (Phi) is 4.76. The first kappa shape index (κ1) is 13.1. The average molecular weight is 246 g/mol. The van der Waals surface area contributed by atoms with Crippen LogP contribution in [0, 0.1) is 0 Å². The number of nitrogens with one attached hydrogen (secondary N) is 2. The molecule has 0 spiro atoms. The molecule has 1 unspecified atom stereocenters. The molecule has 0 saturated heterocycles. The molecule has 3 heteroatoms. The summed E-state index contributed by atoms with van der Waals surface area (Å²) in [5, 5.41) is 6.26. The molecule has 0 aromatic heterocycles. The Morgan fingerprint density at radius 3 is 2.72 bits per heavy atom. The van der Waals surface area contributed by atoms with E-state index in [4.69, 9.17) is 0 Å². The normalized spacial score (nSPS) is 16.3. The molecule has 3 nitrogen and oxygen atoms in total. The zero-order valence-electron chi connectivity index (χ0n) is 11.0. The van der Waals surface area contributed by atoms with Crippen molar-refractivity contribution < 1.29 is 4.79 Å². The summed E-state index contributed by atoms with van der Waals surface area (Å²) in [6.45, 7) is 2.53. The van der Waals surface area contributed by atoms with Crippen molar-refractivity contribution in [2.75, 3.05) is 6.54 Å². The Hall–Kier alpha value is -1.35. The van der Waals surface area contributed by atoms with Crippen LogP contribution < -0.4 is 10.6 Å². The maximum atomic E-state index is 11.6. The van der Waals surface area contributed by atoms with Crippen LogP contribution in [0.1, 0.15) is 31.7 Å². The fraction of sp³-hybridized carbons (Fsp3) is 0.533. The van der Waals surface area contributed by atoms with Gasteiger partial charge in [-0.1, -0.05) is 30.3 Å². The first-order valence-corrected chi connectivity index (χ1v) is 6.80. The number of hydrogen-bond donors (Lipinski definition) is 2. The SMILES string of the molecule is CC(CCc1ccccc1)NC(=O)CNC1CC1. The van der Waals surface area contributed by atoms with E-state index in [1.165, 1.54) is 18.4 Å². The second kappa shape index (κ2) is 6.55. The minimum atomic E-state index is 0.113. The van der Waals surface area contributed by atoms with E-state index < -0.39 is 0 Å². The van der Waals surface area contributed by atoms with Crippen molar-refractivity contribution in [2.24, 2.45) is 0 Å². The first-order valence-electron chi connectivity index (χ1n) is 6.80. The van der Waals surface area contributed by atoms with Gasteiger partial charge in [0.05, 0.1) is 6.54 Å². The van der Waals surface area contributed by atoms with Crippen LogP contribution in [0.5, 0.6) is 0 Å². The van der Waals surface area contributed by atoms with E-state index in [2.05, 4.69) is 41.8 Å². The van der Waals surface area contributed by atoms with E-state index in [0.29, 0.717) is 12.6 Å². The molecular formula is C15H22N2O. The molecule has 18 heavy (non-hydrogen) atoms. The minimum Gasteiger partial charge on any atom is -0.353 e. The number of rotatable bonds is 7. The highest BCUT2D eigenvalue weighted by atomic mass is 16.1. The van der Waals surface area contributed by atoms with Crippen molar-refractivity contribution in [1.82, 2.24) is 10.6 Å². The number of aryl methyl sites for hydroxylation is 1. The third-order valence-corrected chi connectivity index (χ3v) is 3.24. The Labute approximate surface area is 109 Å². The molecule has 0 radical (unpaired) electrons. The molecule has 2 N–H and O–H groups in total. The summed E-state index contributed by atoms with van der Waals surface area (Å²) in [7, 11) is 0. The number of benzene rings is 1. The smallest absolute Gasteiger partial charge is 0.234 e. The fourth-order valence-corrected chi connectivity index (χ4v) is 1.95. The number of hydrogen-bond acceptors (Lipinski definition) is 2. The minimum absolute atomic E-state index is 0.113. The first-order chi connectivity index (χ1) is 8.74. The summed E-state index contributed by atoms with van der Waals surface area (Å²) in [5.74, 6) is 0.113. The molecule has 1 atom stereocenters. The van der Waals surface area contributed by atoms with Gasteiger partial charge >= 0.3 is 0 Å². The lowest BCUT2D eigenvalue weighted by molar-refractivity contribution is -0.120. The molecule has 0 bridgehead atoms. The molecular weight excluding hydrogens is 224 g/mol. The van der Waals surface area contributed by atoms with Gasteiger partial charge in [-0.3, -0.25) is 4.79 Å². The average Bonchev–Trinajstić information content (AvgIpc) is 3.19. The lowest BCUT2D eigenvalue weighted by atomic mass is 10.1. The van der Waals surface area contributed by atoms with E-state index >= 15 is 0 Å². The predicted molar refractivity (Wildman–Crippen MR) is 73.4 cm³/mol. The van der Waals surface area contributed by atoms with Gasteiger partial charge in [0.2, 0.25) is 5.91 Å². The lowest BCUT2D eigenvalue weighted by Gasteiger charge is -2.14. The fourth-order valence-electron chi connectivity index (χ4n) is 1.95. The van der Waals surface area contributed by atoms with Gasteiger partial charge in [0.1, 0.15) is 0 Å². The highest BCUT2D eigenvalue weighted by Crippen LogP contribution is 2.17. The summed E-state index contributed by atoms with van der Waals surface area (Å²) in [5.41, 5.74) is 1.33. The van der Waals surface area contributed by atoms with Crippen LogP contribution in [0.2, 0.25) is 0 Å². The van der Waals surface area contributed by atoms with Gasteiger partial charge in [-0.05, 0) is 38.2 Å². The Morgan fingerprint density at radius 1 is 1.33 bits per heavy atom. The number of carbonyl (C=O) groups excluding carboxylic acids is 1. The zero-order chi connectivity index (χ0) is 12.8. The monoisotopic (exact) mass is 246 g/mol. The van der Waals surface area contributed by atoms with Crippen molar-refractivity contribution in [3.63, 3.8) is 0 Å². The van der Waals surface area contributed by atoms with E-state index in [1.807, 2.05) is 6.07 Å². The van der Waals surface area contributed by atoms with Crippen LogP contribution in [0.4, 0.5) is 0 Å². The molecule has 0 heterocycles. The highest BCUT2D eigenvalue weighted by molar-refractivity contribution is 5.78. The second-order valence-electron chi connectivity index (χ2n) is 5.15. The van der Waals surface area contributed by atoms with Gasteiger partial charge < -0.3 is 10.6 Å². The number of carbonyl (C=O) groups is 1. The van der Waals surface area contributed by atoms with E-state index in [1.54, 1.807) is 0 Å². The van der Waals surface area contributed by atoms with Crippen molar-refractivity contribution in [3.8, 4) is 0 Å². The van der Waals surface area contributed by atoms with Gasteiger partial charge in [0.25, 0.3) is 0 Å². The molecule has 2 rings (SSSR count). The van der Waals surface area contributed by atoms with Crippen LogP contribution in [0.3, 0.4) is 0 Å². The zero-order valence-corrected chi connectivity index (χ0v) is 11.0. The topological polar surface area (TPSA) is 41.1 Å². The molecule has 1 aliphatic carbocycles. The summed E-state index contributed by atoms with van der Waals surface area (Å²) in [4.78, 5) is 11.6. The van der Waals surface area contributed by atoms with Gasteiger partial charge in [0.15, 0.2) is 0 Å². The highest BCUT2D eigenvalue weighted by Gasteiger charge is 2.21. The summed E-state index contributed by atoms with van der Waals surface area (Å²) in [6, 6.07) is 11.2. The Morgan fingerprint density at radius 2 is 2.06 bits per heavy atom. The van der Waals surface area contributed by atoms with Gasteiger partial charge in [0, 0.05) is 12.1 Å². The van der Waals surface area contributed by atoms with Crippen molar-refractivity contribution in [3.05, 3.63) is 35.9 Å². The summed E-state index contributed by atoms with van der Waals surface area (Å²) < 4.78 is 0. The van der Waals surface area contributed by atoms with Crippen LogP contribution in [0.15, 0.2) is 30.3 Å². The molecule has 98 valence electrons. The largest absolute Gasteiger partial charge is 0.353 e. The second-order valence-corrected chi connectivity index (χ2v) is 5.15. The molecule has 1 fully saturated rings. The predicted octanol–water partition coefficient (Wildman–Crippen LogP) is 1.88. The van der Waals surface area contributed by atoms with Crippen LogP contribution in [-0.2, 0) is 11.2 Å². The van der Waals surface area contributed by atoms with Gasteiger partial charge in [-0.25, -0.2) is 0 Å². The lowest BCUT2D eigenvalue weighted by Crippen LogP contribution is -2.39. The van der Waals surface area contributed by atoms with E-state index in [0.717, 1.165) is 12.8 Å². The number of amides is 1. The van der Waals surface area contributed by atoms with Gasteiger partial charge in [-0.2, -0.15) is 0 Å². The Bertz CT molecular complexity index is 373. The summed E-state index contributed by atoms with van der Waals surface area (Å²) in [6.07, 6.45) is 4.44. The Balaban J connectivity index is 1.61. The molecule has 1 amide bonds. The quantitative estimate of drug-likeness (QED) is 0.771. The van der Waals surface area contributed by atoms with Gasteiger partial charge in [-0.15, -0.1) is 0 Å². The third kappa shape index (κ3) is 4.88. The molecule has 1 aliphatic rings. The standard InChI is InChI=1S/C15H22N2O/c1-12(7-8-13-5-3-2-4-6-13)17-15(18)11-16-14-9-10-14/h2-6,12,14,16H,7-11H2,1H3,(H,17,18). The molecule has 1 aromatic carbocycles. The maximum Gasteiger partial charge on any atom is 0.234 e. The van der Waals surface area contributed by atoms with Crippen LogP contribution in [-0.4, -0.2) is 24.5 Å². The van der Waals surface area contributed by atoms with Crippen LogP contribution >= 0.6 is 0 Å². The molecule has 0 aliphatic heterocycles. The van der Waals surface area contributed by atoms with E-state index in [9.17, 15) is 4.79 Å². The van der Waals surface area contributed by atoms with Crippen LogP contribution in [0.25, 0.3) is 0 Å². The third-order valence-electron chi connectivity index (χ3n) is 3.24. The van der Waals surface area contributed by atoms with Crippen molar-refractivity contribution in [1.29, 1.82) is 0 Å². The molecule has 1 saturated carbocycles. The van der Waals surface area contributed by atoms with Crippen molar-refractivity contribution >= 4 is 5.91 Å². The van der Waals surface area contributed by atoms with Crippen molar-refractivity contribution in [2.45, 2.75) is 44.7 Å². The van der Waals surface area contributed by atoms with E-state index in [-0.39, 0.29) is 11.9 Å². The summed E-state index contributed by atoms with van der Waals surface area (Å²) >= 11 is 0. The maximum absolute atomic E-state index is 11.6.